The van der Waals surface area contributed by atoms with E-state index in [1.807, 2.05) is 0 Å². The number of phenolic OH excluding ortho intramolecular Hbond substituents is 1. The first-order valence-corrected chi connectivity index (χ1v) is 6.08. The van der Waals surface area contributed by atoms with Crippen molar-refractivity contribution in [3.05, 3.63) is 41.9 Å². The molecule has 2 heterocycles. The molecule has 2 aromatic rings. The Hall–Kier alpha value is -3.03. The van der Waals surface area contributed by atoms with Crippen LogP contribution in [0, 0.1) is 0 Å². The Morgan fingerprint density at radius 1 is 1.48 bits per heavy atom. The zero-order chi connectivity index (χ0) is 15.0. The SMILES string of the molecule is COc1cc(C2C=C(C(=O)O)Nc3ncnn32)ccc1O. The standard InChI is InChI=1S/C13H12N4O4/c1-21-11-4-7(2-3-10(11)18)9-5-8(12(19)20)16-13-14-6-15-17(9)13/h2-6,9,18H,1H3,(H,19,20)(H,14,15,16). The number of carbonyl (C=O) groups is 1. The summed E-state index contributed by atoms with van der Waals surface area (Å²) < 4.78 is 6.63. The van der Waals surface area contributed by atoms with Crippen molar-refractivity contribution in [2.45, 2.75) is 6.04 Å². The smallest absolute Gasteiger partial charge is 0.352 e. The van der Waals surface area contributed by atoms with Crippen LogP contribution in [0.15, 0.2) is 36.3 Å². The molecule has 108 valence electrons. The predicted octanol–water partition coefficient (Wildman–Crippen LogP) is 0.976. The Morgan fingerprint density at radius 2 is 2.29 bits per heavy atom. The van der Waals surface area contributed by atoms with E-state index < -0.39 is 12.0 Å². The second-order valence-corrected chi connectivity index (χ2v) is 4.41. The van der Waals surface area contributed by atoms with E-state index >= 15 is 0 Å². The molecule has 0 saturated carbocycles. The number of aromatic hydroxyl groups is 1. The summed E-state index contributed by atoms with van der Waals surface area (Å²) in [6, 6.07) is 4.34. The lowest BCUT2D eigenvalue weighted by Gasteiger charge is -2.22. The molecule has 0 saturated heterocycles. The van der Waals surface area contributed by atoms with E-state index in [1.165, 1.54) is 25.6 Å². The zero-order valence-electron chi connectivity index (χ0n) is 11.0. The van der Waals surface area contributed by atoms with Crippen molar-refractivity contribution < 1.29 is 19.7 Å². The summed E-state index contributed by atoms with van der Waals surface area (Å²) >= 11 is 0. The molecule has 3 N–H and O–H groups in total. The summed E-state index contributed by atoms with van der Waals surface area (Å²) in [7, 11) is 1.45. The van der Waals surface area contributed by atoms with Gasteiger partial charge in [0, 0.05) is 0 Å². The largest absolute Gasteiger partial charge is 0.504 e. The minimum atomic E-state index is -1.08. The molecule has 0 fully saturated rings. The van der Waals surface area contributed by atoms with Gasteiger partial charge in [0.1, 0.15) is 18.1 Å². The first-order chi connectivity index (χ1) is 10.1. The average Bonchev–Trinajstić information content (AvgIpc) is 2.95. The van der Waals surface area contributed by atoms with Crippen LogP contribution >= 0.6 is 0 Å². The quantitative estimate of drug-likeness (QED) is 0.772. The molecule has 0 bridgehead atoms. The highest BCUT2D eigenvalue weighted by Crippen LogP contribution is 2.33. The zero-order valence-corrected chi connectivity index (χ0v) is 11.0. The molecule has 1 aromatic carbocycles. The van der Waals surface area contributed by atoms with E-state index in [0.29, 0.717) is 11.7 Å². The maximum atomic E-state index is 11.2. The molecule has 1 aliphatic heterocycles. The fourth-order valence-electron chi connectivity index (χ4n) is 2.17. The maximum Gasteiger partial charge on any atom is 0.352 e. The van der Waals surface area contributed by atoms with Gasteiger partial charge in [-0.1, -0.05) is 6.07 Å². The van der Waals surface area contributed by atoms with Crippen molar-refractivity contribution in [3.8, 4) is 11.5 Å². The Labute approximate surface area is 119 Å². The van der Waals surface area contributed by atoms with Gasteiger partial charge in [-0.15, -0.1) is 0 Å². The van der Waals surface area contributed by atoms with Gasteiger partial charge in [-0.25, -0.2) is 9.48 Å². The predicted molar refractivity (Wildman–Crippen MR) is 72.2 cm³/mol. The summed E-state index contributed by atoms with van der Waals surface area (Å²) in [5, 5.41) is 25.6. The van der Waals surface area contributed by atoms with Gasteiger partial charge in [-0.05, 0) is 23.8 Å². The number of aromatic nitrogens is 3. The van der Waals surface area contributed by atoms with E-state index in [9.17, 15) is 9.90 Å². The van der Waals surface area contributed by atoms with Crippen molar-refractivity contribution in [2.24, 2.45) is 0 Å². The molecule has 8 heteroatoms. The van der Waals surface area contributed by atoms with Crippen LogP contribution < -0.4 is 10.1 Å². The number of anilines is 1. The third kappa shape index (κ3) is 2.16. The molecule has 0 spiro atoms. The molecular weight excluding hydrogens is 276 g/mol. The number of carboxylic acids is 1. The Balaban J connectivity index is 2.10. The minimum Gasteiger partial charge on any atom is -0.504 e. The lowest BCUT2D eigenvalue weighted by atomic mass is 10.0. The van der Waals surface area contributed by atoms with Gasteiger partial charge < -0.3 is 20.3 Å². The molecule has 1 unspecified atom stereocenters. The number of phenols is 1. The number of ether oxygens (including phenoxy) is 1. The highest BCUT2D eigenvalue weighted by atomic mass is 16.5. The number of carboxylic acid groups (broad SMARTS) is 1. The highest BCUT2D eigenvalue weighted by Gasteiger charge is 2.26. The molecule has 0 aliphatic carbocycles. The Morgan fingerprint density at radius 3 is 3.00 bits per heavy atom. The van der Waals surface area contributed by atoms with Crippen molar-refractivity contribution in [3.63, 3.8) is 0 Å². The molecule has 21 heavy (non-hydrogen) atoms. The van der Waals surface area contributed by atoms with E-state index in [4.69, 9.17) is 9.84 Å². The van der Waals surface area contributed by atoms with Gasteiger partial charge in [-0.3, -0.25) is 0 Å². The van der Waals surface area contributed by atoms with Crippen molar-refractivity contribution >= 4 is 11.9 Å². The van der Waals surface area contributed by atoms with E-state index in [2.05, 4.69) is 15.4 Å². The first kappa shape index (κ1) is 13.0. The van der Waals surface area contributed by atoms with Crippen molar-refractivity contribution in [1.82, 2.24) is 14.8 Å². The maximum absolute atomic E-state index is 11.2. The van der Waals surface area contributed by atoms with Gasteiger partial charge in [-0.2, -0.15) is 10.1 Å². The summed E-state index contributed by atoms with van der Waals surface area (Å²) in [5.74, 6) is -0.429. The second-order valence-electron chi connectivity index (χ2n) is 4.41. The topological polar surface area (TPSA) is 110 Å². The van der Waals surface area contributed by atoms with Crippen LogP contribution in [0.25, 0.3) is 0 Å². The average molecular weight is 288 g/mol. The van der Waals surface area contributed by atoms with E-state index in [-0.39, 0.29) is 11.4 Å². The summed E-state index contributed by atoms with van der Waals surface area (Å²) in [6.45, 7) is 0. The molecule has 1 aliphatic rings. The molecule has 8 nitrogen and oxygen atoms in total. The van der Waals surface area contributed by atoms with Crippen LogP contribution in [-0.4, -0.2) is 38.1 Å². The first-order valence-electron chi connectivity index (χ1n) is 6.08. The number of allylic oxidation sites excluding steroid dienone is 1. The van der Waals surface area contributed by atoms with Crippen LogP contribution in [0.3, 0.4) is 0 Å². The number of hydrogen-bond acceptors (Lipinski definition) is 6. The second kappa shape index (κ2) is 4.82. The molecule has 0 radical (unpaired) electrons. The fraction of sp³-hybridized carbons (Fsp3) is 0.154. The molecule has 1 atom stereocenters. The summed E-state index contributed by atoms with van der Waals surface area (Å²) in [6.07, 6.45) is 2.86. The molecule has 1 aromatic heterocycles. The molecule has 0 amide bonds. The Bertz CT molecular complexity index is 738. The molecular formula is C13H12N4O4. The number of methoxy groups -OCH3 is 1. The summed E-state index contributed by atoms with van der Waals surface area (Å²) in [4.78, 5) is 15.2. The number of nitrogens with one attached hydrogen (secondary N) is 1. The van der Waals surface area contributed by atoms with Crippen molar-refractivity contribution in [1.29, 1.82) is 0 Å². The van der Waals surface area contributed by atoms with Crippen LogP contribution in [0.5, 0.6) is 11.5 Å². The van der Waals surface area contributed by atoms with E-state index in [1.54, 1.807) is 16.8 Å². The van der Waals surface area contributed by atoms with E-state index in [0.717, 1.165) is 5.56 Å². The van der Waals surface area contributed by atoms with Gasteiger partial charge >= 0.3 is 5.97 Å². The monoisotopic (exact) mass is 288 g/mol. The Kier molecular flexibility index (Phi) is 2.98. The molecule has 3 rings (SSSR count). The number of aliphatic carboxylic acids is 1. The number of fused-ring (bicyclic) bond motifs is 1. The number of benzene rings is 1. The summed E-state index contributed by atoms with van der Waals surface area (Å²) in [5.41, 5.74) is 0.740. The van der Waals surface area contributed by atoms with Crippen LogP contribution in [0.1, 0.15) is 11.6 Å². The normalized spacial score (nSPS) is 16.6. The third-order valence-corrected chi connectivity index (χ3v) is 3.18. The third-order valence-electron chi connectivity index (χ3n) is 3.18. The lowest BCUT2D eigenvalue weighted by molar-refractivity contribution is -0.132. The van der Waals surface area contributed by atoms with Gasteiger partial charge in [0.05, 0.1) is 7.11 Å². The number of rotatable bonds is 3. The van der Waals surface area contributed by atoms with Crippen LogP contribution in [0.4, 0.5) is 5.95 Å². The van der Waals surface area contributed by atoms with Gasteiger partial charge in [0.2, 0.25) is 5.95 Å². The van der Waals surface area contributed by atoms with Crippen LogP contribution in [-0.2, 0) is 4.79 Å². The number of hydrogen-bond donors (Lipinski definition) is 3. The number of nitrogens with zero attached hydrogens (tertiary/aromatic N) is 3. The van der Waals surface area contributed by atoms with Crippen LogP contribution in [0.2, 0.25) is 0 Å². The highest BCUT2D eigenvalue weighted by molar-refractivity contribution is 5.90. The van der Waals surface area contributed by atoms with Gasteiger partial charge in [0.15, 0.2) is 11.5 Å². The van der Waals surface area contributed by atoms with Crippen molar-refractivity contribution in [2.75, 3.05) is 12.4 Å². The lowest BCUT2D eigenvalue weighted by Crippen LogP contribution is -2.24. The fourth-order valence-corrected chi connectivity index (χ4v) is 2.17. The minimum absolute atomic E-state index is 0.0106. The van der Waals surface area contributed by atoms with Gasteiger partial charge in [0.25, 0.3) is 0 Å².